The van der Waals surface area contributed by atoms with Crippen LogP contribution in [0.4, 0.5) is 11.4 Å². The summed E-state index contributed by atoms with van der Waals surface area (Å²) in [7, 11) is 1.87. The highest BCUT2D eigenvalue weighted by Crippen LogP contribution is 2.18. The average Bonchev–Trinajstić information content (AvgIpc) is 2.81. The molecule has 1 amide bonds. The first-order chi connectivity index (χ1) is 8.20. The molecular weight excluding hydrogens is 232 g/mol. The van der Waals surface area contributed by atoms with E-state index in [0.717, 1.165) is 16.9 Å². The number of carbonyl (C=O) groups excluding carboxylic acids is 1. The van der Waals surface area contributed by atoms with Crippen molar-refractivity contribution in [2.45, 2.75) is 6.92 Å². The van der Waals surface area contributed by atoms with Gasteiger partial charge in [0.05, 0.1) is 5.69 Å². The van der Waals surface area contributed by atoms with Crippen molar-refractivity contribution in [3.63, 3.8) is 0 Å². The van der Waals surface area contributed by atoms with Crippen LogP contribution in [0.15, 0.2) is 35.0 Å². The van der Waals surface area contributed by atoms with E-state index < -0.39 is 0 Å². The van der Waals surface area contributed by atoms with Gasteiger partial charge in [0.25, 0.3) is 5.91 Å². The highest BCUT2D eigenvalue weighted by atomic mass is 32.1. The standard InChI is InChI=1S/C13H14N2OS/c1-9-7-10(3-4-12(9)14-2)13(16)15-11-5-6-17-8-11/h3-8,14H,1-2H3,(H,15,16). The molecule has 0 aliphatic heterocycles. The van der Waals surface area contributed by atoms with Gasteiger partial charge >= 0.3 is 0 Å². The van der Waals surface area contributed by atoms with Gasteiger partial charge in [-0.05, 0) is 42.1 Å². The lowest BCUT2D eigenvalue weighted by molar-refractivity contribution is 0.102. The summed E-state index contributed by atoms with van der Waals surface area (Å²) in [5, 5.41) is 9.78. The third-order valence-corrected chi connectivity index (χ3v) is 3.22. The van der Waals surface area contributed by atoms with Gasteiger partial charge in [-0.25, -0.2) is 0 Å². The second kappa shape index (κ2) is 5.01. The molecule has 0 aliphatic rings. The Morgan fingerprint density at radius 1 is 1.29 bits per heavy atom. The number of thiophene rings is 1. The number of amides is 1. The fourth-order valence-electron chi connectivity index (χ4n) is 1.62. The fourth-order valence-corrected chi connectivity index (χ4v) is 2.21. The molecule has 2 rings (SSSR count). The van der Waals surface area contributed by atoms with Crippen molar-refractivity contribution in [2.24, 2.45) is 0 Å². The fraction of sp³-hybridized carbons (Fsp3) is 0.154. The van der Waals surface area contributed by atoms with Crippen molar-refractivity contribution in [3.8, 4) is 0 Å². The monoisotopic (exact) mass is 246 g/mol. The maximum Gasteiger partial charge on any atom is 0.255 e. The molecule has 0 fully saturated rings. The van der Waals surface area contributed by atoms with E-state index in [9.17, 15) is 4.79 Å². The summed E-state index contributed by atoms with van der Waals surface area (Å²) in [6, 6.07) is 7.50. The van der Waals surface area contributed by atoms with Crippen LogP contribution in [0.2, 0.25) is 0 Å². The van der Waals surface area contributed by atoms with E-state index >= 15 is 0 Å². The van der Waals surface area contributed by atoms with Gasteiger partial charge in [-0.1, -0.05) is 0 Å². The van der Waals surface area contributed by atoms with Crippen molar-refractivity contribution in [3.05, 3.63) is 46.2 Å². The Balaban J connectivity index is 2.17. The van der Waals surface area contributed by atoms with Gasteiger partial charge in [-0.15, -0.1) is 0 Å². The number of hydrogen-bond donors (Lipinski definition) is 2. The number of hydrogen-bond acceptors (Lipinski definition) is 3. The van der Waals surface area contributed by atoms with E-state index in [1.807, 2.05) is 49.0 Å². The predicted molar refractivity (Wildman–Crippen MR) is 73.0 cm³/mol. The summed E-state index contributed by atoms with van der Waals surface area (Å²) >= 11 is 1.56. The van der Waals surface area contributed by atoms with Crippen LogP contribution in [0.1, 0.15) is 15.9 Å². The van der Waals surface area contributed by atoms with Gasteiger partial charge in [0.15, 0.2) is 0 Å². The first-order valence-corrected chi connectivity index (χ1v) is 6.27. The Labute approximate surface area is 104 Å². The Morgan fingerprint density at radius 3 is 2.71 bits per heavy atom. The lowest BCUT2D eigenvalue weighted by Crippen LogP contribution is -2.11. The summed E-state index contributed by atoms with van der Waals surface area (Å²) in [6.07, 6.45) is 0. The minimum atomic E-state index is -0.0749. The first kappa shape index (κ1) is 11.7. The smallest absolute Gasteiger partial charge is 0.255 e. The largest absolute Gasteiger partial charge is 0.388 e. The van der Waals surface area contributed by atoms with E-state index in [1.54, 1.807) is 11.3 Å². The molecule has 0 saturated heterocycles. The molecule has 0 bridgehead atoms. The van der Waals surface area contributed by atoms with E-state index in [0.29, 0.717) is 5.56 Å². The van der Waals surface area contributed by atoms with E-state index in [2.05, 4.69) is 10.6 Å². The molecule has 2 aromatic rings. The molecule has 3 nitrogen and oxygen atoms in total. The molecule has 4 heteroatoms. The van der Waals surface area contributed by atoms with Gasteiger partial charge < -0.3 is 10.6 Å². The average molecular weight is 246 g/mol. The molecule has 17 heavy (non-hydrogen) atoms. The van der Waals surface area contributed by atoms with Crippen molar-refractivity contribution in [1.29, 1.82) is 0 Å². The molecule has 1 aromatic carbocycles. The third-order valence-electron chi connectivity index (χ3n) is 2.54. The summed E-state index contributed by atoms with van der Waals surface area (Å²) in [4.78, 5) is 11.9. The van der Waals surface area contributed by atoms with Crippen LogP contribution in [0.5, 0.6) is 0 Å². The molecule has 0 saturated carbocycles. The molecular formula is C13H14N2OS. The Kier molecular flexibility index (Phi) is 3.44. The van der Waals surface area contributed by atoms with E-state index in [4.69, 9.17) is 0 Å². The highest BCUT2D eigenvalue weighted by molar-refractivity contribution is 7.08. The van der Waals surface area contributed by atoms with Crippen LogP contribution in [-0.2, 0) is 0 Å². The topological polar surface area (TPSA) is 41.1 Å². The normalized spacial score (nSPS) is 10.0. The second-order valence-corrected chi connectivity index (χ2v) is 4.53. The van der Waals surface area contributed by atoms with Crippen LogP contribution in [0.25, 0.3) is 0 Å². The van der Waals surface area contributed by atoms with Crippen LogP contribution in [-0.4, -0.2) is 13.0 Å². The summed E-state index contributed by atoms with van der Waals surface area (Å²) < 4.78 is 0. The number of aryl methyl sites for hydroxylation is 1. The summed E-state index contributed by atoms with van der Waals surface area (Å²) in [5.74, 6) is -0.0749. The maximum atomic E-state index is 11.9. The van der Waals surface area contributed by atoms with Gasteiger partial charge in [0.2, 0.25) is 0 Å². The van der Waals surface area contributed by atoms with Crippen molar-refractivity contribution in [2.75, 3.05) is 17.7 Å². The number of carbonyl (C=O) groups is 1. The number of benzene rings is 1. The number of anilines is 2. The maximum absolute atomic E-state index is 11.9. The zero-order valence-corrected chi connectivity index (χ0v) is 10.6. The Hall–Kier alpha value is -1.81. The van der Waals surface area contributed by atoms with Gasteiger partial charge in [-0.3, -0.25) is 4.79 Å². The van der Waals surface area contributed by atoms with Crippen molar-refractivity contribution in [1.82, 2.24) is 0 Å². The van der Waals surface area contributed by atoms with Crippen LogP contribution < -0.4 is 10.6 Å². The Bertz CT molecular complexity index is 520. The molecule has 0 radical (unpaired) electrons. The van der Waals surface area contributed by atoms with E-state index in [1.165, 1.54) is 0 Å². The predicted octanol–water partition coefficient (Wildman–Crippen LogP) is 3.35. The minimum absolute atomic E-state index is 0.0749. The molecule has 0 atom stereocenters. The minimum Gasteiger partial charge on any atom is -0.388 e. The highest BCUT2D eigenvalue weighted by Gasteiger charge is 2.07. The zero-order valence-electron chi connectivity index (χ0n) is 9.78. The van der Waals surface area contributed by atoms with Crippen LogP contribution in [0.3, 0.4) is 0 Å². The summed E-state index contributed by atoms with van der Waals surface area (Å²) in [6.45, 7) is 1.98. The van der Waals surface area contributed by atoms with Gasteiger partial charge in [0.1, 0.15) is 0 Å². The molecule has 1 heterocycles. The molecule has 0 aliphatic carbocycles. The quantitative estimate of drug-likeness (QED) is 0.872. The second-order valence-electron chi connectivity index (χ2n) is 3.75. The van der Waals surface area contributed by atoms with Crippen LogP contribution in [0, 0.1) is 6.92 Å². The lowest BCUT2D eigenvalue weighted by Gasteiger charge is -2.08. The molecule has 0 unspecified atom stereocenters. The van der Waals surface area contributed by atoms with E-state index in [-0.39, 0.29) is 5.91 Å². The van der Waals surface area contributed by atoms with Crippen molar-refractivity contribution < 1.29 is 4.79 Å². The molecule has 88 valence electrons. The van der Waals surface area contributed by atoms with Gasteiger partial charge in [0, 0.05) is 23.7 Å². The third kappa shape index (κ3) is 2.65. The first-order valence-electron chi connectivity index (χ1n) is 5.32. The number of rotatable bonds is 3. The SMILES string of the molecule is CNc1ccc(C(=O)Nc2ccsc2)cc1C. The molecule has 1 aromatic heterocycles. The van der Waals surface area contributed by atoms with Crippen molar-refractivity contribution >= 4 is 28.6 Å². The molecule has 0 spiro atoms. The summed E-state index contributed by atoms with van der Waals surface area (Å²) in [5.41, 5.74) is 3.62. The zero-order chi connectivity index (χ0) is 12.3. The van der Waals surface area contributed by atoms with Gasteiger partial charge in [-0.2, -0.15) is 11.3 Å². The lowest BCUT2D eigenvalue weighted by atomic mass is 10.1. The number of nitrogens with one attached hydrogen (secondary N) is 2. The Morgan fingerprint density at radius 2 is 2.12 bits per heavy atom. The molecule has 2 N–H and O–H groups in total. The van der Waals surface area contributed by atoms with Crippen LogP contribution >= 0.6 is 11.3 Å².